The molecule has 0 fully saturated rings. The number of nitrogens with zero attached hydrogens (tertiary/aromatic N) is 1. The number of ether oxygens (including phenoxy) is 1. The van der Waals surface area contributed by atoms with Gasteiger partial charge in [-0.3, -0.25) is 4.99 Å². The highest BCUT2D eigenvalue weighted by Gasteiger charge is 2.16. The number of rotatable bonds is 1. The second kappa shape index (κ2) is 4.40. The van der Waals surface area contributed by atoms with E-state index < -0.39 is 0 Å². The van der Waals surface area contributed by atoms with Gasteiger partial charge in [0.1, 0.15) is 12.4 Å². The Kier molecular flexibility index (Phi) is 2.75. The summed E-state index contributed by atoms with van der Waals surface area (Å²) in [6, 6.07) is 6.37. The molecule has 0 bridgehead atoms. The number of hydrogen-bond acceptors (Lipinski definition) is 3. The first kappa shape index (κ1) is 10.6. The van der Waals surface area contributed by atoms with Crippen molar-refractivity contribution in [3.05, 3.63) is 23.8 Å². The van der Waals surface area contributed by atoms with Crippen molar-refractivity contribution in [2.75, 3.05) is 25.0 Å². The summed E-state index contributed by atoms with van der Waals surface area (Å²) in [6.45, 7) is 4.87. The molecule has 1 aromatic carbocycles. The average molecular weight is 230 g/mol. The van der Waals surface area contributed by atoms with Crippen LogP contribution in [0.25, 0.3) is 0 Å². The van der Waals surface area contributed by atoms with Crippen molar-refractivity contribution in [3.8, 4) is 5.75 Å². The van der Waals surface area contributed by atoms with Gasteiger partial charge >= 0.3 is 0 Å². The predicted molar refractivity (Wildman–Crippen MR) is 70.2 cm³/mol. The van der Waals surface area contributed by atoms with E-state index >= 15 is 0 Å². The highest BCUT2D eigenvalue weighted by Crippen LogP contribution is 2.29. The molecule has 1 aromatic rings. The van der Waals surface area contributed by atoms with Crippen LogP contribution in [-0.2, 0) is 0 Å². The first-order valence-corrected chi connectivity index (χ1v) is 6.37. The molecular formula is C14H18N2O. The molecule has 1 N–H and O–H groups in total. The first-order chi connectivity index (χ1) is 8.33. The largest absolute Gasteiger partial charge is 0.490 e. The van der Waals surface area contributed by atoms with E-state index in [9.17, 15) is 0 Å². The molecule has 0 aliphatic carbocycles. The van der Waals surface area contributed by atoms with E-state index in [4.69, 9.17) is 4.74 Å². The first-order valence-electron chi connectivity index (χ1n) is 6.37. The minimum absolute atomic E-state index is 0.731. The van der Waals surface area contributed by atoms with Gasteiger partial charge in [0.15, 0.2) is 0 Å². The van der Waals surface area contributed by atoms with Crippen LogP contribution in [-0.4, -0.2) is 25.4 Å². The van der Waals surface area contributed by atoms with Crippen molar-refractivity contribution in [3.63, 3.8) is 0 Å². The fraction of sp³-hybridized carbons (Fsp3) is 0.500. The molecule has 0 saturated carbocycles. The second-order valence-corrected chi connectivity index (χ2v) is 4.92. The van der Waals surface area contributed by atoms with Crippen LogP contribution >= 0.6 is 0 Å². The molecule has 0 amide bonds. The third-order valence-corrected chi connectivity index (χ3v) is 3.46. The molecule has 17 heavy (non-hydrogen) atoms. The summed E-state index contributed by atoms with van der Waals surface area (Å²) in [6.07, 6.45) is 2.34. The Morgan fingerprint density at radius 1 is 1.41 bits per heavy atom. The normalized spacial score (nSPS) is 23.1. The smallest absolute Gasteiger partial charge is 0.143 e. The summed E-state index contributed by atoms with van der Waals surface area (Å²) in [5.74, 6) is 1.70. The van der Waals surface area contributed by atoms with Crippen molar-refractivity contribution in [2.24, 2.45) is 10.9 Å². The Morgan fingerprint density at radius 3 is 3.18 bits per heavy atom. The standard InChI is InChI=1S/C14H18N2O/c1-10-2-4-12(16-9-10)11-3-5-13-14(8-11)17-7-6-15-13/h3,5,8,10,15H,2,4,6-7,9H2,1H3. The van der Waals surface area contributed by atoms with Crippen LogP contribution in [0.4, 0.5) is 5.69 Å². The van der Waals surface area contributed by atoms with Gasteiger partial charge in [-0.25, -0.2) is 0 Å². The van der Waals surface area contributed by atoms with Gasteiger partial charge in [-0.1, -0.05) is 13.0 Å². The summed E-state index contributed by atoms with van der Waals surface area (Å²) in [5.41, 5.74) is 3.56. The zero-order valence-corrected chi connectivity index (χ0v) is 10.2. The second-order valence-electron chi connectivity index (χ2n) is 4.92. The Morgan fingerprint density at radius 2 is 2.35 bits per heavy atom. The van der Waals surface area contributed by atoms with E-state index in [1.807, 2.05) is 0 Å². The molecule has 90 valence electrons. The van der Waals surface area contributed by atoms with Gasteiger partial charge in [0.2, 0.25) is 0 Å². The highest BCUT2D eigenvalue weighted by atomic mass is 16.5. The average Bonchev–Trinajstić information content (AvgIpc) is 2.39. The Balaban J connectivity index is 1.88. The molecule has 0 aromatic heterocycles. The number of benzene rings is 1. The lowest BCUT2D eigenvalue weighted by Crippen LogP contribution is -2.19. The fourth-order valence-corrected chi connectivity index (χ4v) is 2.37. The third-order valence-electron chi connectivity index (χ3n) is 3.46. The van der Waals surface area contributed by atoms with Gasteiger partial charge in [0.25, 0.3) is 0 Å². The number of anilines is 1. The van der Waals surface area contributed by atoms with Gasteiger partial charge in [-0.15, -0.1) is 0 Å². The minimum atomic E-state index is 0.731. The Bertz CT molecular complexity index is 454. The summed E-state index contributed by atoms with van der Waals surface area (Å²) in [7, 11) is 0. The molecule has 3 rings (SSSR count). The van der Waals surface area contributed by atoms with Crippen LogP contribution < -0.4 is 10.1 Å². The molecule has 0 saturated heterocycles. The number of fused-ring (bicyclic) bond motifs is 1. The molecule has 2 aliphatic rings. The monoisotopic (exact) mass is 230 g/mol. The van der Waals surface area contributed by atoms with Gasteiger partial charge in [0.05, 0.1) is 5.69 Å². The SMILES string of the molecule is CC1CCC(c2ccc3c(c2)OCCN3)=NC1. The van der Waals surface area contributed by atoms with Crippen molar-refractivity contribution < 1.29 is 4.74 Å². The Labute approximate surface area is 102 Å². The van der Waals surface area contributed by atoms with E-state index in [2.05, 4.69) is 35.4 Å². The van der Waals surface area contributed by atoms with Crippen LogP contribution in [0.2, 0.25) is 0 Å². The maximum atomic E-state index is 5.66. The zero-order chi connectivity index (χ0) is 11.7. The van der Waals surface area contributed by atoms with Crippen LogP contribution in [0.3, 0.4) is 0 Å². The van der Waals surface area contributed by atoms with Crippen LogP contribution in [0.1, 0.15) is 25.3 Å². The molecule has 3 nitrogen and oxygen atoms in total. The quantitative estimate of drug-likeness (QED) is 0.804. The van der Waals surface area contributed by atoms with E-state index in [-0.39, 0.29) is 0 Å². The van der Waals surface area contributed by atoms with E-state index in [1.165, 1.54) is 17.7 Å². The van der Waals surface area contributed by atoms with E-state index in [0.29, 0.717) is 0 Å². The molecular weight excluding hydrogens is 212 g/mol. The van der Waals surface area contributed by atoms with E-state index in [1.54, 1.807) is 0 Å². The van der Waals surface area contributed by atoms with Crippen molar-refractivity contribution >= 4 is 11.4 Å². The maximum absolute atomic E-state index is 5.66. The van der Waals surface area contributed by atoms with Crippen LogP contribution in [0, 0.1) is 5.92 Å². The summed E-state index contributed by atoms with van der Waals surface area (Å²) >= 11 is 0. The molecule has 1 unspecified atom stereocenters. The predicted octanol–water partition coefficient (Wildman–Crippen LogP) is 2.71. The Hall–Kier alpha value is -1.51. The van der Waals surface area contributed by atoms with Crippen LogP contribution in [0.15, 0.2) is 23.2 Å². The molecule has 0 radical (unpaired) electrons. The fourth-order valence-electron chi connectivity index (χ4n) is 2.37. The lowest BCUT2D eigenvalue weighted by Gasteiger charge is -2.21. The van der Waals surface area contributed by atoms with Gasteiger partial charge in [0, 0.05) is 18.8 Å². The lowest BCUT2D eigenvalue weighted by atomic mass is 9.95. The van der Waals surface area contributed by atoms with Gasteiger partial charge in [-0.2, -0.15) is 0 Å². The molecule has 2 aliphatic heterocycles. The van der Waals surface area contributed by atoms with Crippen LogP contribution in [0.5, 0.6) is 5.75 Å². The molecule has 0 spiro atoms. The molecule has 1 atom stereocenters. The lowest BCUT2D eigenvalue weighted by molar-refractivity contribution is 0.323. The topological polar surface area (TPSA) is 33.6 Å². The van der Waals surface area contributed by atoms with Crippen molar-refractivity contribution in [2.45, 2.75) is 19.8 Å². The number of nitrogens with one attached hydrogen (secondary N) is 1. The minimum Gasteiger partial charge on any atom is -0.490 e. The maximum Gasteiger partial charge on any atom is 0.143 e. The summed E-state index contributed by atoms with van der Waals surface area (Å²) < 4.78 is 5.66. The van der Waals surface area contributed by atoms with Crippen molar-refractivity contribution in [1.82, 2.24) is 0 Å². The van der Waals surface area contributed by atoms with E-state index in [0.717, 1.165) is 43.5 Å². The van der Waals surface area contributed by atoms with Gasteiger partial charge < -0.3 is 10.1 Å². The molecule has 3 heteroatoms. The number of hydrogen-bond donors (Lipinski definition) is 1. The molecule has 2 heterocycles. The summed E-state index contributed by atoms with van der Waals surface area (Å²) in [4.78, 5) is 4.67. The van der Waals surface area contributed by atoms with Gasteiger partial charge in [-0.05, 0) is 36.5 Å². The zero-order valence-electron chi connectivity index (χ0n) is 10.2. The third kappa shape index (κ3) is 2.14. The number of aliphatic imine (C=N–C) groups is 1. The highest BCUT2D eigenvalue weighted by molar-refractivity contribution is 6.01. The summed E-state index contributed by atoms with van der Waals surface area (Å²) in [5, 5.41) is 3.33. The van der Waals surface area contributed by atoms with Crippen molar-refractivity contribution in [1.29, 1.82) is 0 Å².